The van der Waals surface area contributed by atoms with Crippen molar-refractivity contribution in [3.63, 3.8) is 0 Å². The van der Waals surface area contributed by atoms with Gasteiger partial charge in [-0.3, -0.25) is 0 Å². The van der Waals surface area contributed by atoms with E-state index in [-0.39, 0.29) is 5.82 Å². The molecule has 100 valence electrons. The molecule has 2 aromatic rings. The second kappa shape index (κ2) is 6.34. The number of hydrogen-bond acceptors (Lipinski definition) is 2. The summed E-state index contributed by atoms with van der Waals surface area (Å²) in [6.45, 7) is 2.54. The first-order chi connectivity index (χ1) is 9.24. The smallest absolute Gasteiger partial charge is 0.134 e. The van der Waals surface area contributed by atoms with Crippen LogP contribution in [-0.2, 0) is 13.0 Å². The van der Waals surface area contributed by atoms with Crippen molar-refractivity contribution in [3.05, 3.63) is 59.4 Å². The molecule has 0 amide bonds. The van der Waals surface area contributed by atoms with Crippen molar-refractivity contribution in [2.45, 2.75) is 19.9 Å². The van der Waals surface area contributed by atoms with Crippen molar-refractivity contribution in [3.8, 4) is 11.5 Å². The minimum atomic E-state index is -0.253. The fraction of sp³-hybridized carbons (Fsp3) is 0.250. The van der Waals surface area contributed by atoms with E-state index in [4.69, 9.17) is 4.74 Å². The molecule has 0 spiro atoms. The lowest BCUT2D eigenvalue weighted by atomic mass is 10.1. The zero-order chi connectivity index (χ0) is 13.7. The maximum atomic E-state index is 13.7. The zero-order valence-corrected chi connectivity index (χ0v) is 11.2. The van der Waals surface area contributed by atoms with Gasteiger partial charge in [0, 0.05) is 12.1 Å². The topological polar surface area (TPSA) is 21.3 Å². The van der Waals surface area contributed by atoms with Gasteiger partial charge in [0.05, 0.1) is 0 Å². The first kappa shape index (κ1) is 13.6. The van der Waals surface area contributed by atoms with E-state index in [2.05, 4.69) is 12.2 Å². The van der Waals surface area contributed by atoms with E-state index in [9.17, 15) is 4.39 Å². The Morgan fingerprint density at radius 3 is 2.47 bits per heavy atom. The molecule has 0 aromatic heterocycles. The summed E-state index contributed by atoms with van der Waals surface area (Å²) in [4.78, 5) is 0. The van der Waals surface area contributed by atoms with Gasteiger partial charge >= 0.3 is 0 Å². The molecule has 0 saturated carbocycles. The van der Waals surface area contributed by atoms with Crippen LogP contribution in [0.5, 0.6) is 11.5 Å². The average Bonchev–Trinajstić information content (AvgIpc) is 2.43. The van der Waals surface area contributed by atoms with E-state index in [0.29, 0.717) is 17.9 Å². The summed E-state index contributed by atoms with van der Waals surface area (Å²) < 4.78 is 19.5. The van der Waals surface area contributed by atoms with Gasteiger partial charge < -0.3 is 10.1 Å². The first-order valence-corrected chi connectivity index (χ1v) is 6.43. The average molecular weight is 259 g/mol. The van der Waals surface area contributed by atoms with Crippen LogP contribution in [0.25, 0.3) is 0 Å². The number of hydrogen-bond donors (Lipinski definition) is 1. The second-order valence-electron chi connectivity index (χ2n) is 4.35. The molecule has 3 heteroatoms. The number of benzene rings is 2. The first-order valence-electron chi connectivity index (χ1n) is 6.43. The number of ether oxygens (including phenoxy) is 1. The second-order valence-corrected chi connectivity index (χ2v) is 4.35. The Kier molecular flexibility index (Phi) is 4.53. The lowest BCUT2D eigenvalue weighted by Crippen LogP contribution is -2.08. The van der Waals surface area contributed by atoms with Gasteiger partial charge in [-0.1, -0.05) is 25.1 Å². The molecule has 0 unspecified atom stereocenters. The molecule has 0 aliphatic heterocycles. The predicted molar refractivity (Wildman–Crippen MR) is 75.1 cm³/mol. The summed E-state index contributed by atoms with van der Waals surface area (Å²) in [6, 6.07) is 12.7. The van der Waals surface area contributed by atoms with E-state index in [1.165, 1.54) is 11.6 Å². The highest BCUT2D eigenvalue weighted by atomic mass is 19.1. The van der Waals surface area contributed by atoms with Crippen molar-refractivity contribution in [1.82, 2.24) is 5.32 Å². The van der Waals surface area contributed by atoms with Crippen LogP contribution in [0.15, 0.2) is 42.5 Å². The molecule has 0 saturated heterocycles. The maximum Gasteiger partial charge on any atom is 0.134 e. The van der Waals surface area contributed by atoms with Gasteiger partial charge in [-0.25, -0.2) is 4.39 Å². The van der Waals surface area contributed by atoms with Gasteiger partial charge in [0.1, 0.15) is 17.3 Å². The third-order valence-corrected chi connectivity index (χ3v) is 2.99. The Bertz CT molecular complexity index is 537. The molecule has 0 atom stereocenters. The lowest BCUT2D eigenvalue weighted by Gasteiger charge is -2.12. The molecule has 2 aromatic carbocycles. The third-order valence-electron chi connectivity index (χ3n) is 2.99. The quantitative estimate of drug-likeness (QED) is 0.879. The molecule has 0 bridgehead atoms. The summed E-state index contributed by atoms with van der Waals surface area (Å²) in [5.74, 6) is 1.02. The Balaban J connectivity index is 2.24. The van der Waals surface area contributed by atoms with E-state index >= 15 is 0 Å². The molecule has 19 heavy (non-hydrogen) atoms. The molecular weight excluding hydrogens is 241 g/mol. The number of nitrogens with one attached hydrogen (secondary N) is 1. The summed E-state index contributed by atoms with van der Waals surface area (Å²) in [5.41, 5.74) is 1.80. The summed E-state index contributed by atoms with van der Waals surface area (Å²) in [6.07, 6.45) is 0.991. The third kappa shape index (κ3) is 3.32. The summed E-state index contributed by atoms with van der Waals surface area (Å²) in [7, 11) is 1.78. The normalized spacial score (nSPS) is 10.5. The van der Waals surface area contributed by atoms with Crippen LogP contribution in [0, 0.1) is 5.82 Å². The molecule has 1 N–H and O–H groups in total. The van der Waals surface area contributed by atoms with Gasteiger partial charge in [-0.15, -0.1) is 0 Å². The van der Waals surface area contributed by atoms with Crippen LogP contribution in [0.1, 0.15) is 18.1 Å². The fourth-order valence-corrected chi connectivity index (χ4v) is 1.90. The van der Waals surface area contributed by atoms with Crippen molar-refractivity contribution in [2.24, 2.45) is 0 Å². The summed E-state index contributed by atoms with van der Waals surface area (Å²) in [5, 5.41) is 2.95. The van der Waals surface area contributed by atoms with Gasteiger partial charge in [0.25, 0.3) is 0 Å². The van der Waals surface area contributed by atoms with Crippen LogP contribution < -0.4 is 10.1 Å². The molecule has 0 aliphatic rings. The van der Waals surface area contributed by atoms with Crippen LogP contribution in [0.2, 0.25) is 0 Å². The highest BCUT2D eigenvalue weighted by Crippen LogP contribution is 2.27. The summed E-state index contributed by atoms with van der Waals surface area (Å²) >= 11 is 0. The predicted octanol–water partition coefficient (Wildman–Crippen LogP) is 3.90. The SMILES string of the molecule is CCc1ccc(Oc2cccc(F)c2CNC)cc1. The van der Waals surface area contributed by atoms with Gasteiger partial charge in [0.15, 0.2) is 0 Å². The Morgan fingerprint density at radius 1 is 1.11 bits per heavy atom. The Hall–Kier alpha value is -1.87. The van der Waals surface area contributed by atoms with Gasteiger partial charge in [0.2, 0.25) is 0 Å². The van der Waals surface area contributed by atoms with Crippen molar-refractivity contribution >= 4 is 0 Å². The van der Waals surface area contributed by atoms with Crippen molar-refractivity contribution in [1.29, 1.82) is 0 Å². The van der Waals surface area contributed by atoms with Crippen molar-refractivity contribution in [2.75, 3.05) is 7.05 Å². The zero-order valence-electron chi connectivity index (χ0n) is 11.2. The molecule has 0 fully saturated rings. The van der Waals surface area contributed by atoms with Gasteiger partial charge in [-0.2, -0.15) is 0 Å². The Labute approximate surface area is 113 Å². The monoisotopic (exact) mass is 259 g/mol. The maximum absolute atomic E-state index is 13.7. The highest BCUT2D eigenvalue weighted by Gasteiger charge is 2.09. The molecule has 0 aliphatic carbocycles. The van der Waals surface area contributed by atoms with E-state index < -0.39 is 0 Å². The van der Waals surface area contributed by atoms with Crippen LogP contribution >= 0.6 is 0 Å². The number of rotatable bonds is 5. The van der Waals surface area contributed by atoms with E-state index in [1.54, 1.807) is 19.2 Å². The fourth-order valence-electron chi connectivity index (χ4n) is 1.90. The lowest BCUT2D eigenvalue weighted by molar-refractivity contribution is 0.464. The van der Waals surface area contributed by atoms with Crippen molar-refractivity contribution < 1.29 is 9.13 Å². The molecule has 2 rings (SSSR count). The number of halogens is 1. The minimum absolute atomic E-state index is 0.253. The Morgan fingerprint density at radius 2 is 1.84 bits per heavy atom. The molecule has 0 heterocycles. The van der Waals surface area contributed by atoms with Gasteiger partial charge in [-0.05, 0) is 43.3 Å². The minimum Gasteiger partial charge on any atom is -0.457 e. The molecule has 0 radical (unpaired) electrons. The highest BCUT2D eigenvalue weighted by molar-refractivity contribution is 5.39. The standard InChI is InChI=1S/C16H18FNO/c1-3-12-7-9-13(10-8-12)19-16-6-4-5-15(17)14(16)11-18-2/h4-10,18H,3,11H2,1-2H3. The molecule has 2 nitrogen and oxygen atoms in total. The molecular formula is C16H18FNO. The van der Waals surface area contributed by atoms with E-state index in [0.717, 1.165) is 12.2 Å². The van der Waals surface area contributed by atoms with Crippen LogP contribution in [-0.4, -0.2) is 7.05 Å². The van der Waals surface area contributed by atoms with Crippen LogP contribution in [0.4, 0.5) is 4.39 Å². The number of aryl methyl sites for hydroxylation is 1. The largest absolute Gasteiger partial charge is 0.457 e. The van der Waals surface area contributed by atoms with E-state index in [1.807, 2.05) is 24.3 Å². The van der Waals surface area contributed by atoms with Crippen LogP contribution in [0.3, 0.4) is 0 Å².